The molecule has 14 heavy (non-hydrogen) atoms. The molecule has 0 aromatic carbocycles. The smallest absolute Gasteiger partial charge is 0.130 e. The summed E-state index contributed by atoms with van der Waals surface area (Å²) in [6.45, 7) is 1.09. The summed E-state index contributed by atoms with van der Waals surface area (Å²) in [7, 11) is 0. The zero-order valence-electron chi connectivity index (χ0n) is 8.23. The van der Waals surface area contributed by atoms with Gasteiger partial charge in [0.05, 0.1) is 0 Å². The predicted molar refractivity (Wildman–Crippen MR) is 58.6 cm³/mol. The van der Waals surface area contributed by atoms with E-state index in [2.05, 4.69) is 15.3 Å². The summed E-state index contributed by atoms with van der Waals surface area (Å²) in [4.78, 5) is 8.16. The van der Waals surface area contributed by atoms with E-state index >= 15 is 0 Å². The molecule has 0 aliphatic carbocycles. The Morgan fingerprint density at radius 1 is 1.43 bits per heavy atom. The van der Waals surface area contributed by atoms with E-state index < -0.39 is 0 Å². The SMILES string of the molecule is CSc1cc(NCCCCO)ncn1. The number of aliphatic hydroxyl groups is 1. The fourth-order valence-electron chi connectivity index (χ4n) is 1.00. The third-order valence-corrected chi connectivity index (χ3v) is 2.38. The van der Waals surface area contributed by atoms with Gasteiger partial charge >= 0.3 is 0 Å². The van der Waals surface area contributed by atoms with Crippen LogP contribution in [-0.4, -0.2) is 34.5 Å². The van der Waals surface area contributed by atoms with E-state index in [9.17, 15) is 0 Å². The Kier molecular flexibility index (Phi) is 5.32. The first-order chi connectivity index (χ1) is 6.86. The highest BCUT2D eigenvalue weighted by atomic mass is 32.2. The first kappa shape index (κ1) is 11.3. The van der Waals surface area contributed by atoms with Gasteiger partial charge in [0.2, 0.25) is 0 Å². The summed E-state index contributed by atoms with van der Waals surface area (Å²) < 4.78 is 0. The molecule has 0 aliphatic heterocycles. The lowest BCUT2D eigenvalue weighted by Gasteiger charge is -2.04. The molecule has 0 bridgehead atoms. The molecule has 4 nitrogen and oxygen atoms in total. The molecule has 0 atom stereocenters. The minimum atomic E-state index is 0.252. The summed E-state index contributed by atoms with van der Waals surface area (Å²) in [5.41, 5.74) is 0. The van der Waals surface area contributed by atoms with Crippen LogP contribution in [0.5, 0.6) is 0 Å². The molecular formula is C9H15N3OS. The quantitative estimate of drug-likeness (QED) is 0.425. The number of nitrogens with zero attached hydrogens (tertiary/aromatic N) is 2. The zero-order chi connectivity index (χ0) is 10.2. The summed E-state index contributed by atoms with van der Waals surface area (Å²) in [5, 5.41) is 12.7. The van der Waals surface area contributed by atoms with Crippen molar-refractivity contribution in [2.45, 2.75) is 17.9 Å². The van der Waals surface area contributed by atoms with Crippen molar-refractivity contribution in [2.75, 3.05) is 24.7 Å². The minimum absolute atomic E-state index is 0.252. The molecule has 0 aliphatic rings. The minimum Gasteiger partial charge on any atom is -0.396 e. The van der Waals surface area contributed by atoms with Crippen LogP contribution in [0.1, 0.15) is 12.8 Å². The molecule has 1 aromatic rings. The fourth-order valence-corrected chi connectivity index (χ4v) is 1.38. The highest BCUT2D eigenvalue weighted by Gasteiger charge is 1.96. The van der Waals surface area contributed by atoms with E-state index in [1.807, 2.05) is 12.3 Å². The number of unbranched alkanes of at least 4 members (excludes halogenated alkanes) is 1. The average molecular weight is 213 g/mol. The Morgan fingerprint density at radius 3 is 3.00 bits per heavy atom. The third-order valence-electron chi connectivity index (χ3n) is 1.74. The van der Waals surface area contributed by atoms with Crippen molar-refractivity contribution in [1.29, 1.82) is 0 Å². The summed E-state index contributed by atoms with van der Waals surface area (Å²) in [6.07, 6.45) is 5.32. The molecule has 1 aromatic heterocycles. The van der Waals surface area contributed by atoms with E-state index in [1.165, 1.54) is 0 Å². The van der Waals surface area contributed by atoms with Crippen molar-refractivity contribution in [3.63, 3.8) is 0 Å². The molecule has 1 rings (SSSR count). The van der Waals surface area contributed by atoms with Crippen LogP contribution >= 0.6 is 11.8 Å². The van der Waals surface area contributed by atoms with Crippen molar-refractivity contribution in [3.05, 3.63) is 12.4 Å². The Balaban J connectivity index is 2.34. The first-order valence-corrected chi connectivity index (χ1v) is 5.80. The van der Waals surface area contributed by atoms with Gasteiger partial charge in [0.25, 0.3) is 0 Å². The largest absolute Gasteiger partial charge is 0.396 e. The fraction of sp³-hybridized carbons (Fsp3) is 0.556. The van der Waals surface area contributed by atoms with Gasteiger partial charge in [-0.05, 0) is 19.1 Å². The maximum atomic E-state index is 8.59. The monoisotopic (exact) mass is 213 g/mol. The highest BCUT2D eigenvalue weighted by molar-refractivity contribution is 7.98. The van der Waals surface area contributed by atoms with Crippen molar-refractivity contribution >= 4 is 17.6 Å². The van der Waals surface area contributed by atoms with Gasteiger partial charge in [0, 0.05) is 19.2 Å². The van der Waals surface area contributed by atoms with E-state index in [4.69, 9.17) is 5.11 Å². The van der Waals surface area contributed by atoms with Gasteiger partial charge in [0.15, 0.2) is 0 Å². The molecule has 0 unspecified atom stereocenters. The van der Waals surface area contributed by atoms with Crippen LogP contribution in [-0.2, 0) is 0 Å². The number of anilines is 1. The second-order valence-corrected chi connectivity index (χ2v) is 3.63. The van der Waals surface area contributed by atoms with Gasteiger partial charge in [-0.3, -0.25) is 0 Å². The number of thioether (sulfide) groups is 1. The normalized spacial score (nSPS) is 10.1. The van der Waals surface area contributed by atoms with Crippen LogP contribution in [0, 0.1) is 0 Å². The molecule has 0 saturated heterocycles. The van der Waals surface area contributed by atoms with Crippen LogP contribution in [0.15, 0.2) is 17.4 Å². The second kappa shape index (κ2) is 6.62. The van der Waals surface area contributed by atoms with Crippen molar-refractivity contribution in [3.8, 4) is 0 Å². The Hall–Kier alpha value is -0.810. The van der Waals surface area contributed by atoms with Gasteiger partial charge in [0.1, 0.15) is 17.2 Å². The molecule has 2 N–H and O–H groups in total. The second-order valence-electron chi connectivity index (χ2n) is 2.80. The molecule has 0 spiro atoms. The third kappa shape index (κ3) is 3.93. The van der Waals surface area contributed by atoms with Crippen LogP contribution in [0.4, 0.5) is 5.82 Å². The molecule has 1 heterocycles. The summed E-state index contributed by atoms with van der Waals surface area (Å²) in [6, 6.07) is 1.92. The number of nitrogens with one attached hydrogen (secondary N) is 1. The molecule has 0 saturated carbocycles. The van der Waals surface area contributed by atoms with Crippen molar-refractivity contribution in [1.82, 2.24) is 9.97 Å². The molecule has 0 radical (unpaired) electrons. The maximum Gasteiger partial charge on any atom is 0.130 e. The molecule has 0 fully saturated rings. The molecular weight excluding hydrogens is 198 g/mol. The number of rotatable bonds is 6. The van der Waals surface area contributed by atoms with Gasteiger partial charge in [-0.2, -0.15) is 0 Å². The lowest BCUT2D eigenvalue weighted by Crippen LogP contribution is -2.04. The zero-order valence-corrected chi connectivity index (χ0v) is 9.05. The predicted octanol–water partition coefficient (Wildman–Crippen LogP) is 1.38. The Bertz CT molecular complexity index is 270. The standard InChI is InChI=1S/C9H15N3OS/c1-14-9-6-8(11-7-12-9)10-4-2-3-5-13/h6-7,13H,2-5H2,1H3,(H,10,11,12). The number of hydrogen-bond acceptors (Lipinski definition) is 5. The molecule has 5 heteroatoms. The van der Waals surface area contributed by atoms with E-state index in [1.54, 1.807) is 18.1 Å². The van der Waals surface area contributed by atoms with Gasteiger partial charge in [-0.15, -0.1) is 11.8 Å². The summed E-state index contributed by atoms with van der Waals surface area (Å²) >= 11 is 1.60. The Morgan fingerprint density at radius 2 is 2.29 bits per heavy atom. The average Bonchev–Trinajstić information content (AvgIpc) is 2.25. The van der Waals surface area contributed by atoms with Gasteiger partial charge < -0.3 is 10.4 Å². The van der Waals surface area contributed by atoms with Crippen LogP contribution in [0.25, 0.3) is 0 Å². The van der Waals surface area contributed by atoms with Crippen LogP contribution in [0.3, 0.4) is 0 Å². The summed E-state index contributed by atoms with van der Waals surface area (Å²) in [5.74, 6) is 0.849. The number of hydrogen-bond donors (Lipinski definition) is 2. The first-order valence-electron chi connectivity index (χ1n) is 4.57. The lowest BCUT2D eigenvalue weighted by atomic mass is 10.3. The van der Waals surface area contributed by atoms with Gasteiger partial charge in [-0.1, -0.05) is 0 Å². The molecule has 78 valence electrons. The topological polar surface area (TPSA) is 58.0 Å². The number of aromatic nitrogens is 2. The Labute approximate surface area is 88.2 Å². The van der Waals surface area contributed by atoms with E-state index in [0.717, 1.165) is 30.2 Å². The van der Waals surface area contributed by atoms with Crippen LogP contribution < -0.4 is 5.32 Å². The number of aliphatic hydroxyl groups excluding tert-OH is 1. The van der Waals surface area contributed by atoms with E-state index in [0.29, 0.717) is 0 Å². The van der Waals surface area contributed by atoms with Crippen molar-refractivity contribution in [2.24, 2.45) is 0 Å². The lowest BCUT2D eigenvalue weighted by molar-refractivity contribution is 0.286. The van der Waals surface area contributed by atoms with Crippen molar-refractivity contribution < 1.29 is 5.11 Å². The van der Waals surface area contributed by atoms with E-state index in [-0.39, 0.29) is 6.61 Å². The van der Waals surface area contributed by atoms with Crippen LogP contribution in [0.2, 0.25) is 0 Å². The maximum absolute atomic E-state index is 8.59. The highest BCUT2D eigenvalue weighted by Crippen LogP contribution is 2.13. The van der Waals surface area contributed by atoms with Gasteiger partial charge in [-0.25, -0.2) is 9.97 Å². The molecule has 0 amide bonds.